The Kier molecular flexibility index (Phi) is 7.79. The van der Waals surface area contributed by atoms with Crippen molar-refractivity contribution < 1.29 is 0 Å². The number of fused-ring (bicyclic) bond motifs is 1. The standard InChI is InChI=1S/C53H40N4/c54-33-35-10-12-38(13-11-35)41-22-26-47(27-23-41)53-31-36-28-48(53)32-52(30-36,34-53)46-24-20-40(21-25-46)39-14-17-43(18-15-39)50-55-49(42-7-2-1-3-8-42)56-51(57-50)45-19-16-37-6-4-5-9-44(37)29-45/h1-27,29,36,48H,28,30-32,34H2. The molecule has 1 heterocycles. The van der Waals surface area contributed by atoms with Crippen LogP contribution in [0.4, 0.5) is 0 Å². The Labute approximate surface area is 333 Å². The van der Waals surface area contributed by atoms with Crippen LogP contribution in [0.25, 0.3) is 67.2 Å². The van der Waals surface area contributed by atoms with Crippen LogP contribution in [0.15, 0.2) is 170 Å². The van der Waals surface area contributed by atoms with Crippen LogP contribution in [0.5, 0.6) is 0 Å². The van der Waals surface area contributed by atoms with Gasteiger partial charge in [-0.1, -0.05) is 152 Å². The van der Waals surface area contributed by atoms with E-state index in [1.807, 2.05) is 30.3 Å². The zero-order chi connectivity index (χ0) is 38.0. The molecule has 0 N–H and O–H groups in total. The molecule has 272 valence electrons. The summed E-state index contributed by atoms with van der Waals surface area (Å²) in [5, 5.41) is 11.6. The van der Waals surface area contributed by atoms with Gasteiger partial charge in [0.1, 0.15) is 0 Å². The molecule has 4 aliphatic carbocycles. The van der Waals surface area contributed by atoms with Gasteiger partial charge in [0.05, 0.1) is 11.6 Å². The molecule has 4 aliphatic rings. The highest BCUT2D eigenvalue weighted by atomic mass is 15.0. The van der Waals surface area contributed by atoms with Crippen LogP contribution in [0, 0.1) is 23.2 Å². The van der Waals surface area contributed by atoms with Crippen LogP contribution in [0.1, 0.15) is 48.8 Å². The molecule has 4 nitrogen and oxygen atoms in total. The maximum atomic E-state index is 9.22. The molecule has 12 rings (SSSR count). The minimum absolute atomic E-state index is 0.248. The third kappa shape index (κ3) is 5.77. The number of nitriles is 1. The Balaban J connectivity index is 0.859. The van der Waals surface area contributed by atoms with Gasteiger partial charge in [0.25, 0.3) is 0 Å². The molecule has 1 aromatic heterocycles. The normalized spacial score (nSPS) is 21.8. The van der Waals surface area contributed by atoms with Crippen LogP contribution in [0.2, 0.25) is 0 Å². The van der Waals surface area contributed by atoms with Crippen molar-refractivity contribution >= 4 is 10.8 Å². The van der Waals surface area contributed by atoms with Gasteiger partial charge in [0.2, 0.25) is 0 Å². The quantitative estimate of drug-likeness (QED) is 0.164. The summed E-state index contributed by atoms with van der Waals surface area (Å²) >= 11 is 0. The van der Waals surface area contributed by atoms with E-state index in [0.717, 1.165) is 39.5 Å². The van der Waals surface area contributed by atoms with Crippen molar-refractivity contribution in [3.05, 3.63) is 187 Å². The molecule has 4 heteroatoms. The number of aromatic nitrogens is 3. The predicted octanol–water partition coefficient (Wildman–Crippen LogP) is 12.6. The van der Waals surface area contributed by atoms with E-state index in [9.17, 15) is 5.26 Å². The maximum Gasteiger partial charge on any atom is 0.164 e. The zero-order valence-electron chi connectivity index (χ0n) is 31.6. The Hall–Kier alpha value is -6.70. The van der Waals surface area contributed by atoms with Gasteiger partial charge in [-0.3, -0.25) is 0 Å². The number of hydrogen-bond donors (Lipinski definition) is 0. The van der Waals surface area contributed by atoms with E-state index in [-0.39, 0.29) is 10.8 Å². The van der Waals surface area contributed by atoms with Crippen molar-refractivity contribution in [3.8, 4) is 62.5 Å². The fraction of sp³-hybridized carbons (Fsp3) is 0.170. The monoisotopic (exact) mass is 732 g/mol. The van der Waals surface area contributed by atoms with Crippen molar-refractivity contribution in [2.45, 2.75) is 42.9 Å². The third-order valence-electron chi connectivity index (χ3n) is 13.5. The SMILES string of the molecule is N#Cc1ccc(-c2ccc(C34CC5CC3CC(c3ccc(-c6ccc(-c7nc(-c8ccccc8)nc(-c8ccc9ccccc9c8)n7)cc6)cc3)(C5)C4)cc2)cc1. The molecule has 0 radical (unpaired) electrons. The van der Waals surface area contributed by atoms with Gasteiger partial charge < -0.3 is 0 Å². The molecule has 4 saturated carbocycles. The van der Waals surface area contributed by atoms with Crippen molar-refractivity contribution in [2.24, 2.45) is 11.8 Å². The van der Waals surface area contributed by atoms with Crippen molar-refractivity contribution in [1.82, 2.24) is 15.0 Å². The number of rotatable bonds is 7. The van der Waals surface area contributed by atoms with E-state index in [1.54, 1.807) is 0 Å². The van der Waals surface area contributed by atoms with Gasteiger partial charge >= 0.3 is 0 Å². The van der Waals surface area contributed by atoms with Gasteiger partial charge in [0, 0.05) is 16.7 Å². The zero-order valence-corrected chi connectivity index (χ0v) is 31.6. The summed E-state index contributed by atoms with van der Waals surface area (Å²) in [6.45, 7) is 0. The molecule has 4 bridgehead atoms. The first-order valence-electron chi connectivity index (χ1n) is 20.2. The first kappa shape index (κ1) is 33.6. The Morgan fingerprint density at radius 2 is 0.965 bits per heavy atom. The lowest BCUT2D eigenvalue weighted by molar-refractivity contribution is 0.220. The predicted molar refractivity (Wildman–Crippen MR) is 229 cm³/mol. The molecule has 57 heavy (non-hydrogen) atoms. The summed E-state index contributed by atoms with van der Waals surface area (Å²) in [6, 6.07) is 62.7. The topological polar surface area (TPSA) is 62.5 Å². The average molecular weight is 733 g/mol. The first-order valence-corrected chi connectivity index (χ1v) is 20.2. The summed E-state index contributed by atoms with van der Waals surface area (Å²) in [4.78, 5) is 15.0. The summed E-state index contributed by atoms with van der Waals surface area (Å²) < 4.78 is 0. The van der Waals surface area contributed by atoms with Gasteiger partial charge in [-0.2, -0.15) is 5.26 Å². The van der Waals surface area contributed by atoms with Gasteiger partial charge in [-0.05, 0) is 117 Å². The van der Waals surface area contributed by atoms with Crippen LogP contribution in [-0.2, 0) is 10.8 Å². The number of benzene rings is 7. The lowest BCUT2D eigenvalue weighted by Crippen LogP contribution is -2.35. The summed E-state index contributed by atoms with van der Waals surface area (Å²) in [5.74, 6) is 3.53. The molecule has 4 fully saturated rings. The summed E-state index contributed by atoms with van der Waals surface area (Å²) in [5.41, 5.74) is 11.9. The molecule has 4 atom stereocenters. The highest BCUT2D eigenvalue weighted by molar-refractivity contribution is 5.86. The van der Waals surface area contributed by atoms with E-state index >= 15 is 0 Å². The van der Waals surface area contributed by atoms with Gasteiger partial charge in [-0.25, -0.2) is 15.0 Å². The van der Waals surface area contributed by atoms with E-state index in [0.29, 0.717) is 23.0 Å². The lowest BCUT2D eigenvalue weighted by atomic mass is 9.62. The lowest BCUT2D eigenvalue weighted by Gasteiger charge is -2.42. The molecule has 4 unspecified atom stereocenters. The van der Waals surface area contributed by atoms with E-state index < -0.39 is 0 Å². The largest absolute Gasteiger partial charge is 0.208 e. The molecule has 0 amide bonds. The van der Waals surface area contributed by atoms with Crippen LogP contribution >= 0.6 is 0 Å². The highest BCUT2D eigenvalue weighted by Crippen LogP contribution is 2.71. The second-order valence-electron chi connectivity index (χ2n) is 16.7. The number of nitrogens with zero attached hydrogens (tertiary/aromatic N) is 4. The Morgan fingerprint density at radius 3 is 1.61 bits per heavy atom. The third-order valence-corrected chi connectivity index (χ3v) is 13.5. The number of hydrogen-bond acceptors (Lipinski definition) is 4. The second kappa shape index (κ2) is 13.2. The van der Waals surface area contributed by atoms with E-state index in [4.69, 9.17) is 15.0 Å². The fourth-order valence-electron chi connectivity index (χ4n) is 10.9. The second-order valence-corrected chi connectivity index (χ2v) is 16.7. The Bertz CT molecular complexity index is 2820. The molecule has 0 saturated heterocycles. The molecule has 0 spiro atoms. The van der Waals surface area contributed by atoms with Crippen molar-refractivity contribution in [3.63, 3.8) is 0 Å². The Morgan fingerprint density at radius 1 is 0.456 bits per heavy atom. The summed E-state index contributed by atoms with van der Waals surface area (Å²) in [7, 11) is 0. The molecule has 8 aromatic rings. The minimum atomic E-state index is 0.248. The van der Waals surface area contributed by atoms with Crippen molar-refractivity contribution in [1.29, 1.82) is 5.26 Å². The molecular formula is C53H40N4. The van der Waals surface area contributed by atoms with Gasteiger partial charge in [0.15, 0.2) is 17.5 Å². The average Bonchev–Trinajstić information content (AvgIpc) is 3.68. The van der Waals surface area contributed by atoms with Crippen LogP contribution < -0.4 is 0 Å². The minimum Gasteiger partial charge on any atom is -0.208 e. The maximum absolute atomic E-state index is 9.22. The van der Waals surface area contributed by atoms with Crippen molar-refractivity contribution in [2.75, 3.05) is 0 Å². The smallest absolute Gasteiger partial charge is 0.164 e. The molecule has 0 aliphatic heterocycles. The fourth-order valence-corrected chi connectivity index (χ4v) is 10.9. The highest BCUT2D eigenvalue weighted by Gasteiger charge is 2.64. The van der Waals surface area contributed by atoms with E-state index in [2.05, 4.69) is 146 Å². The molecule has 7 aromatic carbocycles. The van der Waals surface area contributed by atoms with Crippen LogP contribution in [-0.4, -0.2) is 15.0 Å². The van der Waals surface area contributed by atoms with Gasteiger partial charge in [-0.15, -0.1) is 0 Å². The van der Waals surface area contributed by atoms with E-state index in [1.165, 1.54) is 65.3 Å². The summed E-state index contributed by atoms with van der Waals surface area (Å²) in [6.07, 6.45) is 6.51. The molecular weight excluding hydrogens is 693 g/mol. The first-order chi connectivity index (χ1) is 28.0. The van der Waals surface area contributed by atoms with Crippen LogP contribution in [0.3, 0.4) is 0 Å².